The van der Waals surface area contributed by atoms with Gasteiger partial charge in [0.05, 0.1) is 0 Å². The van der Waals surface area contributed by atoms with Gasteiger partial charge in [0, 0.05) is 44.2 Å². The van der Waals surface area contributed by atoms with Gasteiger partial charge in [-0.25, -0.2) is 0 Å². The largest absolute Gasteiger partial charge is 0.336 e. The van der Waals surface area contributed by atoms with E-state index in [2.05, 4.69) is 11.0 Å². The molecule has 0 atom stereocenters. The summed E-state index contributed by atoms with van der Waals surface area (Å²) in [6, 6.07) is 14.1. The Morgan fingerprint density at radius 1 is 1.00 bits per heavy atom. The minimum Gasteiger partial charge on any atom is -0.336 e. The average molecular weight is 303 g/mol. The van der Waals surface area contributed by atoms with E-state index in [0.717, 1.165) is 43.7 Å². The number of benzene rings is 2. The fraction of sp³-hybridized carbons (Fsp3) is 0.353. The van der Waals surface area contributed by atoms with Gasteiger partial charge in [0.25, 0.3) is 5.91 Å². The zero-order chi connectivity index (χ0) is 14.7. The van der Waals surface area contributed by atoms with E-state index < -0.39 is 0 Å². The molecule has 1 saturated heterocycles. The highest BCUT2D eigenvalue weighted by Gasteiger charge is 2.21. The molecule has 0 aliphatic carbocycles. The lowest BCUT2D eigenvalue weighted by Crippen LogP contribution is -2.49. The Morgan fingerprint density at radius 3 is 2.43 bits per heavy atom. The molecule has 1 fully saturated rings. The molecule has 3 rings (SSSR count). The lowest BCUT2D eigenvalue weighted by atomic mass is 10.1. The second-order valence-corrected chi connectivity index (χ2v) is 5.76. The molecule has 0 saturated carbocycles. The molecule has 1 aliphatic rings. The molecule has 2 aromatic rings. The number of carbonyl (C=O) groups is 1. The number of alkyl halides is 1. The van der Waals surface area contributed by atoms with Gasteiger partial charge in [-0.15, -0.1) is 11.6 Å². The molecule has 0 unspecified atom stereocenters. The highest BCUT2D eigenvalue weighted by molar-refractivity contribution is 6.18. The number of hydrogen-bond acceptors (Lipinski definition) is 2. The van der Waals surface area contributed by atoms with Gasteiger partial charge in [-0.3, -0.25) is 9.69 Å². The zero-order valence-electron chi connectivity index (χ0n) is 12.0. The van der Waals surface area contributed by atoms with Crippen LogP contribution in [-0.4, -0.2) is 54.3 Å². The number of fused-ring (bicyclic) bond motifs is 1. The van der Waals surface area contributed by atoms with E-state index in [1.54, 1.807) is 0 Å². The van der Waals surface area contributed by atoms with Gasteiger partial charge < -0.3 is 4.90 Å². The van der Waals surface area contributed by atoms with Crippen LogP contribution < -0.4 is 0 Å². The maximum Gasteiger partial charge on any atom is 0.253 e. The molecule has 0 spiro atoms. The Hall–Kier alpha value is -1.58. The molecule has 0 aromatic heterocycles. The van der Waals surface area contributed by atoms with Crippen molar-refractivity contribution in [3.05, 3.63) is 48.0 Å². The minimum atomic E-state index is 0.131. The van der Waals surface area contributed by atoms with E-state index >= 15 is 0 Å². The van der Waals surface area contributed by atoms with Gasteiger partial charge in [0.1, 0.15) is 0 Å². The third-order valence-corrected chi connectivity index (χ3v) is 4.23. The summed E-state index contributed by atoms with van der Waals surface area (Å²) in [6.45, 7) is 4.28. The summed E-state index contributed by atoms with van der Waals surface area (Å²) in [5, 5.41) is 2.28. The highest BCUT2D eigenvalue weighted by Crippen LogP contribution is 2.17. The predicted molar refractivity (Wildman–Crippen MR) is 87.0 cm³/mol. The van der Waals surface area contributed by atoms with Crippen molar-refractivity contribution in [3.63, 3.8) is 0 Å². The Balaban J connectivity index is 1.72. The van der Waals surface area contributed by atoms with Crippen LogP contribution in [0.2, 0.25) is 0 Å². The Labute approximate surface area is 130 Å². The van der Waals surface area contributed by atoms with Crippen molar-refractivity contribution in [1.82, 2.24) is 9.80 Å². The molecule has 1 heterocycles. The summed E-state index contributed by atoms with van der Waals surface area (Å²) >= 11 is 5.76. The summed E-state index contributed by atoms with van der Waals surface area (Å²) < 4.78 is 0. The van der Waals surface area contributed by atoms with Crippen LogP contribution in [0.1, 0.15) is 10.4 Å². The average Bonchev–Trinajstić information content (AvgIpc) is 2.55. The van der Waals surface area contributed by atoms with E-state index in [-0.39, 0.29) is 5.91 Å². The van der Waals surface area contributed by atoms with Gasteiger partial charge in [-0.2, -0.15) is 0 Å². The van der Waals surface area contributed by atoms with Crippen molar-refractivity contribution in [2.24, 2.45) is 0 Å². The Bertz CT molecular complexity index is 635. The summed E-state index contributed by atoms with van der Waals surface area (Å²) in [5.41, 5.74) is 0.777. The number of rotatable bonds is 3. The third kappa shape index (κ3) is 3.20. The molecule has 0 bridgehead atoms. The van der Waals surface area contributed by atoms with Crippen molar-refractivity contribution >= 4 is 28.3 Å². The van der Waals surface area contributed by atoms with Gasteiger partial charge in [-0.05, 0) is 22.9 Å². The highest BCUT2D eigenvalue weighted by atomic mass is 35.5. The Kier molecular flexibility index (Phi) is 4.42. The molecule has 4 heteroatoms. The van der Waals surface area contributed by atoms with Crippen molar-refractivity contribution in [3.8, 4) is 0 Å². The fourth-order valence-electron chi connectivity index (χ4n) is 2.80. The maximum absolute atomic E-state index is 12.6. The number of piperazine rings is 1. The lowest BCUT2D eigenvalue weighted by Gasteiger charge is -2.34. The third-order valence-electron chi connectivity index (χ3n) is 4.06. The van der Waals surface area contributed by atoms with Crippen molar-refractivity contribution < 1.29 is 4.79 Å². The molecule has 21 heavy (non-hydrogen) atoms. The van der Waals surface area contributed by atoms with Crippen LogP contribution in [0.4, 0.5) is 0 Å². The molecule has 1 aliphatic heterocycles. The Morgan fingerprint density at radius 2 is 1.71 bits per heavy atom. The first-order valence-corrected chi connectivity index (χ1v) is 7.88. The topological polar surface area (TPSA) is 23.6 Å². The van der Waals surface area contributed by atoms with Crippen LogP contribution in [-0.2, 0) is 0 Å². The number of nitrogens with zero attached hydrogens (tertiary/aromatic N) is 2. The summed E-state index contributed by atoms with van der Waals surface area (Å²) in [6.07, 6.45) is 0. The van der Waals surface area contributed by atoms with Crippen molar-refractivity contribution in [2.45, 2.75) is 0 Å². The summed E-state index contributed by atoms with van der Waals surface area (Å²) in [5.74, 6) is 0.782. The monoisotopic (exact) mass is 302 g/mol. The van der Waals surface area contributed by atoms with E-state index in [1.165, 1.54) is 5.39 Å². The number of hydrogen-bond donors (Lipinski definition) is 0. The normalized spacial score (nSPS) is 16.3. The van der Waals surface area contributed by atoms with E-state index in [4.69, 9.17) is 11.6 Å². The van der Waals surface area contributed by atoms with Crippen LogP contribution in [0, 0.1) is 0 Å². The molecule has 0 N–H and O–H groups in total. The number of amides is 1. The standard InChI is InChI=1S/C17H19ClN2O/c18-7-8-19-9-11-20(12-10-19)17(21)16-6-5-14-3-1-2-4-15(14)13-16/h1-6,13H,7-12H2. The molecule has 2 aromatic carbocycles. The van der Waals surface area contributed by atoms with Gasteiger partial charge in [-0.1, -0.05) is 30.3 Å². The fourth-order valence-corrected chi connectivity index (χ4v) is 3.04. The van der Waals surface area contributed by atoms with Gasteiger partial charge in [0.2, 0.25) is 0 Å². The van der Waals surface area contributed by atoms with Crippen molar-refractivity contribution in [2.75, 3.05) is 38.6 Å². The number of carbonyl (C=O) groups excluding carboxylic acids is 1. The second-order valence-electron chi connectivity index (χ2n) is 5.38. The second kappa shape index (κ2) is 6.46. The molecule has 110 valence electrons. The van der Waals surface area contributed by atoms with Crippen LogP contribution in [0.15, 0.2) is 42.5 Å². The van der Waals surface area contributed by atoms with E-state index in [9.17, 15) is 4.79 Å². The quantitative estimate of drug-likeness (QED) is 0.814. The maximum atomic E-state index is 12.6. The first-order chi connectivity index (χ1) is 10.3. The SMILES string of the molecule is O=C(c1ccc2ccccc2c1)N1CCN(CCCl)CC1. The van der Waals surface area contributed by atoms with Crippen LogP contribution in [0.5, 0.6) is 0 Å². The number of halogens is 1. The lowest BCUT2D eigenvalue weighted by molar-refractivity contribution is 0.0644. The summed E-state index contributed by atoms with van der Waals surface area (Å²) in [4.78, 5) is 16.8. The van der Waals surface area contributed by atoms with Crippen LogP contribution in [0.3, 0.4) is 0 Å². The van der Waals surface area contributed by atoms with Gasteiger partial charge in [0.15, 0.2) is 0 Å². The first kappa shape index (κ1) is 14.4. The smallest absolute Gasteiger partial charge is 0.253 e. The summed E-state index contributed by atoms with van der Waals surface area (Å²) in [7, 11) is 0. The van der Waals surface area contributed by atoms with Crippen molar-refractivity contribution in [1.29, 1.82) is 0 Å². The zero-order valence-corrected chi connectivity index (χ0v) is 12.7. The first-order valence-electron chi connectivity index (χ1n) is 7.34. The van der Waals surface area contributed by atoms with Gasteiger partial charge >= 0.3 is 0 Å². The molecule has 0 radical (unpaired) electrons. The molecule has 3 nitrogen and oxygen atoms in total. The molecular formula is C17H19ClN2O. The van der Waals surface area contributed by atoms with Crippen LogP contribution in [0.25, 0.3) is 10.8 Å². The minimum absolute atomic E-state index is 0.131. The molecule has 1 amide bonds. The van der Waals surface area contributed by atoms with E-state index in [0.29, 0.717) is 5.88 Å². The predicted octanol–water partition coefficient (Wildman–Crippen LogP) is 2.84. The van der Waals surface area contributed by atoms with Crippen LogP contribution >= 0.6 is 11.6 Å². The molecular weight excluding hydrogens is 284 g/mol. The van der Waals surface area contributed by atoms with E-state index in [1.807, 2.05) is 41.3 Å².